The fraction of sp³-hybridized carbons (Fsp3) is 0.778. The van der Waals surface area contributed by atoms with Crippen LogP contribution in [-0.2, 0) is 14.3 Å². The van der Waals surface area contributed by atoms with Gasteiger partial charge >= 0.3 is 5.97 Å². The fourth-order valence-corrected chi connectivity index (χ4v) is 1.68. The summed E-state index contributed by atoms with van der Waals surface area (Å²) in [5.74, 6) is -0.114. The molecule has 1 aliphatic rings. The van der Waals surface area contributed by atoms with E-state index in [1.165, 1.54) is 6.42 Å². The Balaban J connectivity index is 2.31. The third kappa shape index (κ3) is 2.64. The van der Waals surface area contributed by atoms with E-state index >= 15 is 0 Å². The summed E-state index contributed by atoms with van der Waals surface area (Å²) in [6.45, 7) is 2.14. The molecule has 1 fully saturated rings. The van der Waals surface area contributed by atoms with Crippen molar-refractivity contribution in [1.82, 2.24) is 0 Å². The molecular formula is C9H14O3. The predicted molar refractivity (Wildman–Crippen MR) is 43.6 cm³/mol. The van der Waals surface area contributed by atoms with Gasteiger partial charge in [-0.15, -0.1) is 0 Å². The molecule has 0 heterocycles. The zero-order valence-electron chi connectivity index (χ0n) is 7.29. The van der Waals surface area contributed by atoms with Gasteiger partial charge in [-0.3, -0.25) is 4.79 Å². The summed E-state index contributed by atoms with van der Waals surface area (Å²) in [6, 6.07) is 0. The summed E-state index contributed by atoms with van der Waals surface area (Å²) in [5, 5.41) is 0. The predicted octanol–water partition coefficient (Wildman–Crippen LogP) is 1.31. The minimum atomic E-state index is -0.728. The Morgan fingerprint density at radius 1 is 1.50 bits per heavy atom. The van der Waals surface area contributed by atoms with E-state index in [1.54, 1.807) is 0 Å². The highest BCUT2D eigenvalue weighted by Gasteiger charge is 2.21. The van der Waals surface area contributed by atoms with E-state index in [2.05, 4.69) is 6.92 Å². The average Bonchev–Trinajstić information content (AvgIpc) is 2.04. The molecule has 0 bridgehead atoms. The molecule has 0 aliphatic heterocycles. The molecule has 0 aromatic carbocycles. The number of carbonyl (C=O) groups excluding carboxylic acids is 2. The maximum absolute atomic E-state index is 10.6. The molecule has 3 nitrogen and oxygen atoms in total. The van der Waals surface area contributed by atoms with Gasteiger partial charge < -0.3 is 4.74 Å². The van der Waals surface area contributed by atoms with Crippen LogP contribution in [0.25, 0.3) is 0 Å². The van der Waals surface area contributed by atoms with Crippen molar-refractivity contribution >= 4 is 12.3 Å². The molecule has 0 saturated heterocycles. The largest absolute Gasteiger partial charge is 0.457 e. The summed E-state index contributed by atoms with van der Waals surface area (Å²) in [5.41, 5.74) is 0. The van der Waals surface area contributed by atoms with Crippen LogP contribution in [0.5, 0.6) is 0 Å². The molecule has 0 aromatic rings. The first kappa shape index (κ1) is 9.23. The molecular weight excluding hydrogens is 156 g/mol. The average molecular weight is 170 g/mol. The van der Waals surface area contributed by atoms with Gasteiger partial charge in [0.15, 0.2) is 0 Å². The summed E-state index contributed by atoms with van der Waals surface area (Å²) in [7, 11) is 0. The SMILES string of the molecule is C[C@@H]1CCC[C@H](OC(=O)C=O)C1. The number of esters is 1. The van der Waals surface area contributed by atoms with Crippen LogP contribution >= 0.6 is 0 Å². The lowest BCUT2D eigenvalue weighted by molar-refractivity contribution is -0.154. The number of aldehydes is 1. The molecule has 68 valence electrons. The second kappa shape index (κ2) is 4.24. The van der Waals surface area contributed by atoms with Crippen molar-refractivity contribution in [3.63, 3.8) is 0 Å². The van der Waals surface area contributed by atoms with E-state index in [0.29, 0.717) is 5.92 Å². The number of hydrogen-bond acceptors (Lipinski definition) is 3. The third-order valence-corrected chi connectivity index (χ3v) is 2.27. The van der Waals surface area contributed by atoms with Crippen molar-refractivity contribution in [1.29, 1.82) is 0 Å². The molecule has 0 unspecified atom stereocenters. The zero-order chi connectivity index (χ0) is 8.97. The highest BCUT2D eigenvalue weighted by molar-refractivity contribution is 6.20. The van der Waals surface area contributed by atoms with E-state index in [4.69, 9.17) is 4.74 Å². The van der Waals surface area contributed by atoms with E-state index in [9.17, 15) is 9.59 Å². The van der Waals surface area contributed by atoms with Crippen molar-refractivity contribution < 1.29 is 14.3 Å². The van der Waals surface area contributed by atoms with E-state index in [-0.39, 0.29) is 12.4 Å². The topological polar surface area (TPSA) is 43.4 Å². The van der Waals surface area contributed by atoms with Gasteiger partial charge in [-0.05, 0) is 25.2 Å². The minimum absolute atomic E-state index is 0.0218. The standard InChI is InChI=1S/C9H14O3/c1-7-3-2-4-8(5-7)12-9(11)6-10/h6-8H,2-5H2,1H3/t7-,8+/m1/s1. The number of ether oxygens (including phenoxy) is 1. The minimum Gasteiger partial charge on any atom is -0.457 e. The highest BCUT2D eigenvalue weighted by atomic mass is 16.5. The second-order valence-electron chi connectivity index (χ2n) is 3.45. The lowest BCUT2D eigenvalue weighted by Gasteiger charge is -2.25. The highest BCUT2D eigenvalue weighted by Crippen LogP contribution is 2.25. The summed E-state index contributed by atoms with van der Waals surface area (Å²) in [4.78, 5) is 20.6. The van der Waals surface area contributed by atoms with Crippen molar-refractivity contribution in [2.75, 3.05) is 0 Å². The number of hydrogen-bond donors (Lipinski definition) is 0. The molecule has 0 spiro atoms. The van der Waals surface area contributed by atoms with Gasteiger partial charge in [-0.2, -0.15) is 0 Å². The Morgan fingerprint density at radius 3 is 2.83 bits per heavy atom. The van der Waals surface area contributed by atoms with Crippen LogP contribution in [0.2, 0.25) is 0 Å². The van der Waals surface area contributed by atoms with Crippen molar-refractivity contribution in [3.8, 4) is 0 Å². The van der Waals surface area contributed by atoms with E-state index in [0.717, 1.165) is 19.3 Å². The maximum atomic E-state index is 10.6. The van der Waals surface area contributed by atoms with Crippen LogP contribution in [0.1, 0.15) is 32.6 Å². The van der Waals surface area contributed by atoms with Gasteiger partial charge in [-0.25, -0.2) is 4.79 Å². The van der Waals surface area contributed by atoms with Gasteiger partial charge in [0.1, 0.15) is 6.10 Å². The van der Waals surface area contributed by atoms with E-state index < -0.39 is 5.97 Å². The van der Waals surface area contributed by atoms with Gasteiger partial charge in [0.05, 0.1) is 0 Å². The fourth-order valence-electron chi connectivity index (χ4n) is 1.68. The van der Waals surface area contributed by atoms with Crippen LogP contribution < -0.4 is 0 Å². The molecule has 1 rings (SSSR count). The summed E-state index contributed by atoms with van der Waals surface area (Å²) < 4.78 is 4.90. The number of rotatable bonds is 2. The molecule has 0 amide bonds. The van der Waals surface area contributed by atoms with Gasteiger partial charge in [0.25, 0.3) is 0 Å². The van der Waals surface area contributed by atoms with Crippen molar-refractivity contribution in [2.45, 2.75) is 38.7 Å². The zero-order valence-corrected chi connectivity index (χ0v) is 7.29. The Labute approximate surface area is 72.1 Å². The lowest BCUT2D eigenvalue weighted by atomic mass is 9.89. The molecule has 1 saturated carbocycles. The van der Waals surface area contributed by atoms with Crippen molar-refractivity contribution in [2.24, 2.45) is 5.92 Å². The monoisotopic (exact) mass is 170 g/mol. The van der Waals surface area contributed by atoms with Gasteiger partial charge in [0, 0.05) is 0 Å². The molecule has 12 heavy (non-hydrogen) atoms. The van der Waals surface area contributed by atoms with Crippen LogP contribution in [0.15, 0.2) is 0 Å². The quantitative estimate of drug-likeness (QED) is 0.356. The summed E-state index contributed by atoms with van der Waals surface area (Å²) >= 11 is 0. The Kier molecular flexibility index (Phi) is 3.26. The normalized spacial score (nSPS) is 29.4. The maximum Gasteiger partial charge on any atom is 0.371 e. The smallest absolute Gasteiger partial charge is 0.371 e. The van der Waals surface area contributed by atoms with Crippen molar-refractivity contribution in [3.05, 3.63) is 0 Å². The first-order valence-electron chi connectivity index (χ1n) is 4.38. The van der Waals surface area contributed by atoms with E-state index in [1.807, 2.05) is 0 Å². The molecule has 0 N–H and O–H groups in total. The molecule has 0 aromatic heterocycles. The van der Waals surface area contributed by atoms with Crippen LogP contribution in [0.4, 0.5) is 0 Å². The molecule has 0 radical (unpaired) electrons. The Morgan fingerprint density at radius 2 is 2.25 bits per heavy atom. The van der Waals surface area contributed by atoms with Crippen LogP contribution in [0.3, 0.4) is 0 Å². The molecule has 2 atom stereocenters. The lowest BCUT2D eigenvalue weighted by Crippen LogP contribution is -2.24. The van der Waals surface area contributed by atoms with Gasteiger partial charge in [0.2, 0.25) is 6.29 Å². The first-order chi connectivity index (χ1) is 5.72. The number of carbonyl (C=O) groups is 2. The second-order valence-corrected chi connectivity index (χ2v) is 3.45. The third-order valence-electron chi connectivity index (χ3n) is 2.27. The molecule has 3 heteroatoms. The van der Waals surface area contributed by atoms with Gasteiger partial charge in [-0.1, -0.05) is 13.3 Å². The summed E-state index contributed by atoms with van der Waals surface area (Å²) in [6.07, 6.45) is 4.32. The van der Waals surface area contributed by atoms with Crippen LogP contribution in [0, 0.1) is 5.92 Å². The molecule has 1 aliphatic carbocycles. The Bertz CT molecular complexity index is 177. The van der Waals surface area contributed by atoms with Crippen LogP contribution in [-0.4, -0.2) is 18.4 Å². The first-order valence-corrected chi connectivity index (χ1v) is 4.38. The Hall–Kier alpha value is -0.860.